The number of carbonyl (C=O) groups excluding carboxylic acids is 1. The van der Waals surface area contributed by atoms with Gasteiger partial charge >= 0.3 is 0 Å². The summed E-state index contributed by atoms with van der Waals surface area (Å²) in [5.74, 6) is 0.133. The molecule has 2 aromatic carbocycles. The van der Waals surface area contributed by atoms with Crippen molar-refractivity contribution in [3.05, 3.63) is 57.6 Å². The molecule has 0 atom stereocenters. The molecule has 1 amide bonds. The summed E-state index contributed by atoms with van der Waals surface area (Å²) in [5, 5.41) is 3.47. The lowest BCUT2D eigenvalue weighted by Gasteiger charge is -2.10. The smallest absolute Gasteiger partial charge is 0.262 e. The second-order valence-electron chi connectivity index (χ2n) is 4.69. The van der Waals surface area contributed by atoms with Crippen LogP contribution in [-0.2, 0) is 4.79 Å². The molecule has 0 radical (unpaired) electrons. The Kier molecular flexibility index (Phi) is 5.10. The summed E-state index contributed by atoms with van der Waals surface area (Å²) in [5.41, 5.74) is 3.03. The van der Waals surface area contributed by atoms with Gasteiger partial charge in [0.05, 0.1) is 5.02 Å². The lowest BCUT2D eigenvalue weighted by molar-refractivity contribution is -0.118. The van der Waals surface area contributed by atoms with E-state index < -0.39 is 0 Å². The van der Waals surface area contributed by atoms with E-state index >= 15 is 0 Å². The Labute approximate surface area is 133 Å². The molecule has 0 saturated carbocycles. The highest BCUT2D eigenvalue weighted by Gasteiger charge is 2.08. The van der Waals surface area contributed by atoms with Crippen LogP contribution in [0, 0.1) is 13.8 Å². The number of aryl methyl sites for hydroxylation is 2. The van der Waals surface area contributed by atoms with Crippen LogP contribution in [0.3, 0.4) is 0 Å². The Bertz CT molecular complexity index is 671. The van der Waals surface area contributed by atoms with Gasteiger partial charge in [-0.05, 0) is 49.2 Å². The normalized spacial score (nSPS) is 10.3. The molecule has 2 rings (SSSR count). The van der Waals surface area contributed by atoms with Crippen molar-refractivity contribution in [1.82, 2.24) is 0 Å². The molecule has 1 N–H and O–H groups in total. The molecule has 2 aromatic rings. The monoisotopic (exact) mass is 323 g/mol. The Morgan fingerprint density at radius 2 is 1.90 bits per heavy atom. The van der Waals surface area contributed by atoms with E-state index in [1.807, 2.05) is 32.0 Å². The van der Waals surface area contributed by atoms with Crippen LogP contribution >= 0.6 is 23.2 Å². The lowest BCUT2D eigenvalue weighted by Crippen LogP contribution is -2.20. The fourth-order valence-corrected chi connectivity index (χ4v) is 2.10. The van der Waals surface area contributed by atoms with Gasteiger partial charge in [0.1, 0.15) is 10.8 Å². The number of nitrogens with one attached hydrogen (secondary N) is 1. The van der Waals surface area contributed by atoms with E-state index in [4.69, 9.17) is 27.9 Å². The van der Waals surface area contributed by atoms with Crippen LogP contribution in [0.25, 0.3) is 0 Å². The molecule has 110 valence electrons. The van der Waals surface area contributed by atoms with Crippen molar-refractivity contribution in [3.63, 3.8) is 0 Å². The predicted molar refractivity (Wildman–Crippen MR) is 86.5 cm³/mol. The Hall–Kier alpha value is -1.71. The van der Waals surface area contributed by atoms with E-state index in [0.717, 1.165) is 11.3 Å². The Morgan fingerprint density at radius 3 is 2.62 bits per heavy atom. The number of carbonyl (C=O) groups is 1. The number of amides is 1. The van der Waals surface area contributed by atoms with Crippen LogP contribution in [0.2, 0.25) is 10.0 Å². The molecule has 0 saturated heterocycles. The molecule has 0 aliphatic carbocycles. The minimum Gasteiger partial charge on any atom is -0.482 e. The summed E-state index contributed by atoms with van der Waals surface area (Å²) in [4.78, 5) is 11.9. The van der Waals surface area contributed by atoms with E-state index in [-0.39, 0.29) is 12.5 Å². The van der Waals surface area contributed by atoms with Crippen molar-refractivity contribution in [2.24, 2.45) is 0 Å². The highest BCUT2D eigenvalue weighted by molar-refractivity contribution is 6.42. The Balaban J connectivity index is 1.96. The molecule has 0 spiro atoms. The van der Waals surface area contributed by atoms with Crippen LogP contribution in [0.4, 0.5) is 5.69 Å². The van der Waals surface area contributed by atoms with Crippen LogP contribution in [-0.4, -0.2) is 12.5 Å². The minimum absolute atomic E-state index is 0.132. The van der Waals surface area contributed by atoms with Gasteiger partial charge in [-0.15, -0.1) is 0 Å². The summed E-state index contributed by atoms with van der Waals surface area (Å²) in [6, 6.07) is 10.8. The molecule has 3 nitrogen and oxygen atoms in total. The average molecular weight is 324 g/mol. The van der Waals surface area contributed by atoms with Crippen molar-refractivity contribution in [3.8, 4) is 5.75 Å². The van der Waals surface area contributed by atoms with E-state index in [9.17, 15) is 4.79 Å². The molecule has 0 unspecified atom stereocenters. The first kappa shape index (κ1) is 15.7. The third-order valence-corrected chi connectivity index (χ3v) is 3.87. The first-order chi connectivity index (χ1) is 9.97. The van der Waals surface area contributed by atoms with Gasteiger partial charge in [0.15, 0.2) is 6.61 Å². The maximum atomic E-state index is 11.9. The molecule has 21 heavy (non-hydrogen) atoms. The van der Waals surface area contributed by atoms with E-state index in [0.29, 0.717) is 15.8 Å². The van der Waals surface area contributed by atoms with Crippen LogP contribution in [0.5, 0.6) is 5.75 Å². The van der Waals surface area contributed by atoms with Crippen LogP contribution < -0.4 is 10.1 Å². The number of benzene rings is 2. The van der Waals surface area contributed by atoms with Crippen molar-refractivity contribution in [2.75, 3.05) is 11.9 Å². The van der Waals surface area contributed by atoms with Crippen molar-refractivity contribution in [1.29, 1.82) is 0 Å². The number of hydrogen-bond acceptors (Lipinski definition) is 2. The van der Waals surface area contributed by atoms with E-state index in [2.05, 4.69) is 5.32 Å². The molecule has 0 aliphatic rings. The molecular weight excluding hydrogens is 309 g/mol. The molecule has 5 heteroatoms. The second kappa shape index (κ2) is 6.83. The highest BCUT2D eigenvalue weighted by Crippen LogP contribution is 2.31. The molecule has 0 heterocycles. The van der Waals surface area contributed by atoms with Gasteiger partial charge in [0.25, 0.3) is 5.91 Å². The molecule has 0 fully saturated rings. The van der Waals surface area contributed by atoms with Gasteiger partial charge < -0.3 is 10.1 Å². The average Bonchev–Trinajstić information content (AvgIpc) is 2.44. The first-order valence-corrected chi connectivity index (χ1v) is 7.17. The van der Waals surface area contributed by atoms with Gasteiger partial charge in [-0.3, -0.25) is 4.79 Å². The zero-order valence-electron chi connectivity index (χ0n) is 11.7. The second-order valence-corrected chi connectivity index (χ2v) is 5.47. The standard InChI is InChI=1S/C16H15Cl2NO2/c1-10-6-7-12(8-11(10)2)19-15(20)9-21-14-5-3-4-13(17)16(14)18/h3-8H,9H2,1-2H3,(H,19,20). The summed E-state index contributed by atoms with van der Waals surface area (Å²) in [6.45, 7) is 3.88. The molecule has 0 bridgehead atoms. The summed E-state index contributed by atoms with van der Waals surface area (Å²) < 4.78 is 5.38. The van der Waals surface area contributed by atoms with Crippen molar-refractivity contribution < 1.29 is 9.53 Å². The molecule has 0 aromatic heterocycles. The van der Waals surface area contributed by atoms with Gasteiger partial charge in [-0.25, -0.2) is 0 Å². The largest absolute Gasteiger partial charge is 0.482 e. The third kappa shape index (κ3) is 4.13. The maximum absolute atomic E-state index is 11.9. The summed E-state index contributed by atoms with van der Waals surface area (Å²) in [7, 11) is 0. The highest BCUT2D eigenvalue weighted by atomic mass is 35.5. The zero-order chi connectivity index (χ0) is 15.4. The summed E-state index contributed by atoms with van der Waals surface area (Å²) in [6.07, 6.45) is 0. The number of ether oxygens (including phenoxy) is 1. The SMILES string of the molecule is Cc1ccc(NC(=O)COc2cccc(Cl)c2Cl)cc1C. The van der Waals surface area contributed by atoms with E-state index in [1.54, 1.807) is 18.2 Å². The van der Waals surface area contributed by atoms with Crippen molar-refractivity contribution >= 4 is 34.8 Å². The van der Waals surface area contributed by atoms with Gasteiger partial charge in [-0.1, -0.05) is 35.3 Å². The molecule has 0 aliphatic heterocycles. The fourth-order valence-electron chi connectivity index (χ4n) is 1.76. The van der Waals surface area contributed by atoms with Gasteiger partial charge in [0.2, 0.25) is 0 Å². The topological polar surface area (TPSA) is 38.3 Å². The van der Waals surface area contributed by atoms with Gasteiger partial charge in [0, 0.05) is 5.69 Å². The lowest BCUT2D eigenvalue weighted by atomic mass is 10.1. The van der Waals surface area contributed by atoms with Gasteiger partial charge in [-0.2, -0.15) is 0 Å². The van der Waals surface area contributed by atoms with Crippen LogP contribution in [0.15, 0.2) is 36.4 Å². The fraction of sp³-hybridized carbons (Fsp3) is 0.188. The predicted octanol–water partition coefficient (Wildman–Crippen LogP) is 4.63. The minimum atomic E-state index is -0.255. The quantitative estimate of drug-likeness (QED) is 0.890. The third-order valence-electron chi connectivity index (χ3n) is 3.07. The number of anilines is 1. The first-order valence-electron chi connectivity index (χ1n) is 6.41. The molecular formula is C16H15Cl2NO2. The Morgan fingerprint density at radius 1 is 1.14 bits per heavy atom. The van der Waals surface area contributed by atoms with Crippen LogP contribution in [0.1, 0.15) is 11.1 Å². The number of hydrogen-bond donors (Lipinski definition) is 1. The summed E-state index contributed by atoms with van der Waals surface area (Å²) >= 11 is 11.9. The van der Waals surface area contributed by atoms with E-state index in [1.165, 1.54) is 5.56 Å². The van der Waals surface area contributed by atoms with Crippen molar-refractivity contribution in [2.45, 2.75) is 13.8 Å². The number of halogens is 2. The maximum Gasteiger partial charge on any atom is 0.262 e. The number of rotatable bonds is 4. The zero-order valence-corrected chi connectivity index (χ0v) is 13.3.